The minimum atomic E-state index is -0.250. The molecule has 1 atom stereocenters. The van der Waals surface area contributed by atoms with E-state index in [9.17, 15) is 9.18 Å². The van der Waals surface area contributed by atoms with Crippen molar-refractivity contribution < 1.29 is 9.18 Å². The fourth-order valence-corrected chi connectivity index (χ4v) is 2.45. The van der Waals surface area contributed by atoms with E-state index in [0.717, 1.165) is 25.1 Å². The van der Waals surface area contributed by atoms with Gasteiger partial charge >= 0.3 is 0 Å². The van der Waals surface area contributed by atoms with Gasteiger partial charge in [-0.3, -0.25) is 4.79 Å². The zero-order valence-electron chi connectivity index (χ0n) is 10.6. The Balaban J connectivity index is 1.73. The molecule has 0 aliphatic carbocycles. The summed E-state index contributed by atoms with van der Waals surface area (Å²) in [5, 5.41) is 3.36. The molecule has 0 radical (unpaired) electrons. The first-order chi connectivity index (χ1) is 8.74. The van der Waals surface area contributed by atoms with Crippen LogP contribution in [0.15, 0.2) is 24.3 Å². The van der Waals surface area contributed by atoms with Crippen LogP contribution in [0, 0.1) is 11.7 Å². The minimum Gasteiger partial charge on any atom is -0.316 e. The van der Waals surface area contributed by atoms with Crippen LogP contribution in [-0.4, -0.2) is 18.9 Å². The number of Topliss-reactive ketones (excluding diaryl/α,β-unsaturated/α-hetero) is 1. The van der Waals surface area contributed by atoms with E-state index < -0.39 is 0 Å². The second-order valence-electron chi connectivity index (χ2n) is 5.09. The van der Waals surface area contributed by atoms with E-state index in [1.54, 1.807) is 12.1 Å². The van der Waals surface area contributed by atoms with E-state index in [1.807, 2.05) is 0 Å². The molecule has 2 nitrogen and oxygen atoms in total. The van der Waals surface area contributed by atoms with Gasteiger partial charge in [-0.1, -0.05) is 12.1 Å². The third-order valence-corrected chi connectivity index (χ3v) is 3.54. The Morgan fingerprint density at radius 1 is 1.33 bits per heavy atom. The van der Waals surface area contributed by atoms with E-state index in [0.29, 0.717) is 18.8 Å². The molecule has 0 bridgehead atoms. The van der Waals surface area contributed by atoms with Gasteiger partial charge in [0, 0.05) is 12.8 Å². The Morgan fingerprint density at radius 3 is 2.78 bits per heavy atom. The molecular weight excluding hydrogens is 229 g/mol. The number of carbonyl (C=O) groups excluding carboxylic acids is 1. The van der Waals surface area contributed by atoms with Crippen molar-refractivity contribution in [2.45, 2.75) is 32.1 Å². The number of ketones is 1. The molecule has 1 N–H and O–H groups in total. The van der Waals surface area contributed by atoms with Crippen molar-refractivity contribution in [3.63, 3.8) is 0 Å². The van der Waals surface area contributed by atoms with Gasteiger partial charge in [0.15, 0.2) is 0 Å². The molecule has 98 valence electrons. The van der Waals surface area contributed by atoms with Crippen LogP contribution in [0.3, 0.4) is 0 Å². The van der Waals surface area contributed by atoms with Gasteiger partial charge in [0.25, 0.3) is 0 Å². The average Bonchev–Trinajstić information content (AvgIpc) is 2.40. The maximum atomic E-state index is 12.7. The van der Waals surface area contributed by atoms with Crippen LogP contribution in [0.5, 0.6) is 0 Å². The number of piperidine rings is 1. The van der Waals surface area contributed by atoms with Gasteiger partial charge in [-0.15, -0.1) is 0 Å². The monoisotopic (exact) mass is 249 g/mol. The number of hydrogen-bond donors (Lipinski definition) is 1. The fourth-order valence-electron chi connectivity index (χ4n) is 2.45. The third kappa shape index (κ3) is 4.22. The Kier molecular flexibility index (Phi) is 4.88. The highest BCUT2D eigenvalue weighted by Crippen LogP contribution is 2.16. The van der Waals surface area contributed by atoms with Crippen molar-refractivity contribution in [1.29, 1.82) is 0 Å². The van der Waals surface area contributed by atoms with E-state index in [4.69, 9.17) is 0 Å². The summed E-state index contributed by atoms with van der Waals surface area (Å²) in [6.07, 6.45) is 4.50. The molecule has 1 aliphatic rings. The number of hydrogen-bond acceptors (Lipinski definition) is 2. The minimum absolute atomic E-state index is 0.250. The molecule has 0 amide bonds. The zero-order chi connectivity index (χ0) is 12.8. The number of benzene rings is 1. The van der Waals surface area contributed by atoms with Crippen molar-refractivity contribution in [2.75, 3.05) is 13.1 Å². The van der Waals surface area contributed by atoms with Gasteiger partial charge in [-0.2, -0.15) is 0 Å². The predicted octanol–water partition coefficient (Wildman–Crippen LogP) is 2.72. The van der Waals surface area contributed by atoms with Crippen LogP contribution in [0.25, 0.3) is 0 Å². The maximum absolute atomic E-state index is 12.7. The topological polar surface area (TPSA) is 29.1 Å². The summed E-state index contributed by atoms with van der Waals surface area (Å²) in [7, 11) is 0. The smallest absolute Gasteiger partial charge is 0.137 e. The van der Waals surface area contributed by atoms with Gasteiger partial charge < -0.3 is 5.32 Å². The molecule has 1 fully saturated rings. The summed E-state index contributed by atoms with van der Waals surface area (Å²) >= 11 is 0. The van der Waals surface area contributed by atoms with Crippen LogP contribution < -0.4 is 5.32 Å². The van der Waals surface area contributed by atoms with Crippen LogP contribution in [-0.2, 0) is 11.2 Å². The molecule has 1 aliphatic heterocycles. The van der Waals surface area contributed by atoms with E-state index in [1.165, 1.54) is 25.0 Å². The first-order valence-corrected chi connectivity index (χ1v) is 6.71. The quantitative estimate of drug-likeness (QED) is 0.869. The standard InChI is InChI=1S/C15H20FNO/c16-14-6-3-12(4-7-14)10-15(18)8-5-13-2-1-9-17-11-13/h3-4,6-7,13,17H,1-2,5,8-11H2. The van der Waals surface area contributed by atoms with E-state index in [2.05, 4.69) is 5.32 Å². The Hall–Kier alpha value is -1.22. The van der Waals surface area contributed by atoms with Crippen LogP contribution in [0.4, 0.5) is 4.39 Å². The van der Waals surface area contributed by atoms with E-state index in [-0.39, 0.29) is 11.6 Å². The first-order valence-electron chi connectivity index (χ1n) is 6.71. The third-order valence-electron chi connectivity index (χ3n) is 3.54. The van der Waals surface area contributed by atoms with Crippen molar-refractivity contribution in [3.05, 3.63) is 35.6 Å². The summed E-state index contributed by atoms with van der Waals surface area (Å²) in [6, 6.07) is 6.20. The molecule has 1 aromatic rings. The molecule has 1 unspecified atom stereocenters. The molecule has 1 saturated heterocycles. The Bertz CT molecular complexity index is 382. The molecule has 18 heavy (non-hydrogen) atoms. The summed E-state index contributed by atoms with van der Waals surface area (Å²) in [5.74, 6) is 0.655. The van der Waals surface area contributed by atoms with Crippen LogP contribution in [0.2, 0.25) is 0 Å². The highest BCUT2D eigenvalue weighted by Gasteiger charge is 2.14. The van der Waals surface area contributed by atoms with E-state index >= 15 is 0 Å². The summed E-state index contributed by atoms with van der Waals surface area (Å²) in [6.45, 7) is 2.16. The molecule has 0 spiro atoms. The molecule has 0 aromatic heterocycles. The second-order valence-corrected chi connectivity index (χ2v) is 5.09. The number of carbonyl (C=O) groups is 1. The lowest BCUT2D eigenvalue weighted by molar-refractivity contribution is -0.118. The zero-order valence-corrected chi connectivity index (χ0v) is 10.6. The van der Waals surface area contributed by atoms with Gasteiger partial charge in [-0.05, 0) is 56.0 Å². The largest absolute Gasteiger partial charge is 0.316 e. The average molecular weight is 249 g/mol. The number of halogens is 1. The Morgan fingerprint density at radius 2 is 2.11 bits per heavy atom. The fraction of sp³-hybridized carbons (Fsp3) is 0.533. The van der Waals surface area contributed by atoms with Gasteiger partial charge in [0.2, 0.25) is 0 Å². The Labute approximate surface area is 108 Å². The second kappa shape index (κ2) is 6.64. The van der Waals surface area contributed by atoms with Crippen LogP contribution >= 0.6 is 0 Å². The predicted molar refractivity (Wildman–Crippen MR) is 69.9 cm³/mol. The lowest BCUT2D eigenvalue weighted by Crippen LogP contribution is -2.30. The molecule has 2 rings (SSSR count). The first kappa shape index (κ1) is 13.2. The van der Waals surface area contributed by atoms with Gasteiger partial charge in [0.1, 0.15) is 11.6 Å². The lowest BCUT2D eigenvalue weighted by atomic mass is 9.92. The summed E-state index contributed by atoms with van der Waals surface area (Å²) in [5.41, 5.74) is 0.906. The van der Waals surface area contributed by atoms with Gasteiger partial charge in [0.05, 0.1) is 0 Å². The van der Waals surface area contributed by atoms with Crippen molar-refractivity contribution in [2.24, 2.45) is 5.92 Å². The number of rotatable bonds is 5. The summed E-state index contributed by atoms with van der Waals surface area (Å²) in [4.78, 5) is 11.8. The maximum Gasteiger partial charge on any atom is 0.137 e. The molecule has 0 saturated carbocycles. The highest BCUT2D eigenvalue weighted by atomic mass is 19.1. The molecule has 1 aromatic carbocycles. The van der Waals surface area contributed by atoms with Crippen molar-refractivity contribution >= 4 is 5.78 Å². The van der Waals surface area contributed by atoms with Crippen molar-refractivity contribution in [3.8, 4) is 0 Å². The normalized spacial score (nSPS) is 19.7. The molecule has 1 heterocycles. The SMILES string of the molecule is O=C(CCC1CCCNC1)Cc1ccc(F)cc1. The molecular formula is C15H20FNO. The van der Waals surface area contributed by atoms with Crippen molar-refractivity contribution in [1.82, 2.24) is 5.32 Å². The van der Waals surface area contributed by atoms with Crippen LogP contribution in [0.1, 0.15) is 31.2 Å². The highest BCUT2D eigenvalue weighted by molar-refractivity contribution is 5.80. The lowest BCUT2D eigenvalue weighted by Gasteiger charge is -2.22. The summed E-state index contributed by atoms with van der Waals surface area (Å²) < 4.78 is 12.7. The van der Waals surface area contributed by atoms with Gasteiger partial charge in [-0.25, -0.2) is 4.39 Å². The number of nitrogens with one attached hydrogen (secondary N) is 1. The molecule has 3 heteroatoms.